The fourth-order valence-corrected chi connectivity index (χ4v) is 1.33. The second-order valence-electron chi connectivity index (χ2n) is 3.17. The Morgan fingerprint density at radius 1 is 1.67 bits per heavy atom. The molecule has 68 valence electrons. The molecule has 0 saturated carbocycles. The van der Waals surface area contributed by atoms with Crippen LogP contribution in [0, 0.1) is 5.41 Å². The van der Waals surface area contributed by atoms with Crippen molar-refractivity contribution in [3.05, 3.63) is 0 Å². The van der Waals surface area contributed by atoms with Crippen LogP contribution in [0.5, 0.6) is 0 Å². The molecule has 0 aromatic heterocycles. The van der Waals surface area contributed by atoms with Crippen molar-refractivity contribution in [2.24, 2.45) is 5.41 Å². The molecule has 0 aromatic carbocycles. The summed E-state index contributed by atoms with van der Waals surface area (Å²) in [6, 6.07) is 0. The predicted octanol–water partition coefficient (Wildman–Crippen LogP) is -0.272. The van der Waals surface area contributed by atoms with Gasteiger partial charge in [0, 0.05) is 19.5 Å². The summed E-state index contributed by atoms with van der Waals surface area (Å²) >= 11 is 0. The number of hydrogen-bond acceptors (Lipinski definition) is 4. The maximum absolute atomic E-state index is 11.4. The largest absolute Gasteiger partial charge is 0.468 e. The molecule has 0 aromatic rings. The van der Waals surface area contributed by atoms with Crippen molar-refractivity contribution >= 4 is 11.8 Å². The van der Waals surface area contributed by atoms with Gasteiger partial charge < -0.3 is 10.1 Å². The van der Waals surface area contributed by atoms with Crippen LogP contribution >= 0.6 is 0 Å². The maximum Gasteiger partial charge on any atom is 0.320 e. The first-order chi connectivity index (χ1) is 5.61. The summed E-state index contributed by atoms with van der Waals surface area (Å²) in [7, 11) is 1.30. The standard InChI is InChI=1S/C8H13NO3/c1-8(7(11)12-2)5-9-4-3-6(8)10/h9H,3-5H2,1-2H3. The molecule has 0 amide bonds. The lowest BCUT2D eigenvalue weighted by atomic mass is 9.81. The lowest BCUT2D eigenvalue weighted by Gasteiger charge is -2.29. The van der Waals surface area contributed by atoms with Crippen molar-refractivity contribution in [1.29, 1.82) is 0 Å². The van der Waals surface area contributed by atoms with Crippen LogP contribution < -0.4 is 5.32 Å². The van der Waals surface area contributed by atoms with E-state index in [1.54, 1.807) is 6.92 Å². The van der Waals surface area contributed by atoms with Crippen LogP contribution in [0.25, 0.3) is 0 Å². The number of nitrogens with one attached hydrogen (secondary N) is 1. The van der Waals surface area contributed by atoms with Crippen LogP contribution in [0.3, 0.4) is 0 Å². The van der Waals surface area contributed by atoms with Crippen molar-refractivity contribution in [2.75, 3.05) is 20.2 Å². The van der Waals surface area contributed by atoms with Gasteiger partial charge in [0.25, 0.3) is 0 Å². The molecule has 0 radical (unpaired) electrons. The second kappa shape index (κ2) is 3.23. The van der Waals surface area contributed by atoms with E-state index in [-0.39, 0.29) is 5.78 Å². The number of carbonyl (C=O) groups excluding carboxylic acids is 2. The highest BCUT2D eigenvalue weighted by Crippen LogP contribution is 2.22. The van der Waals surface area contributed by atoms with Gasteiger partial charge in [0.15, 0.2) is 5.78 Å². The van der Waals surface area contributed by atoms with E-state index in [2.05, 4.69) is 10.1 Å². The summed E-state index contributed by atoms with van der Waals surface area (Å²) < 4.78 is 4.56. The van der Waals surface area contributed by atoms with Gasteiger partial charge in [0.2, 0.25) is 0 Å². The summed E-state index contributed by atoms with van der Waals surface area (Å²) in [5.41, 5.74) is -0.965. The van der Waals surface area contributed by atoms with Gasteiger partial charge in [-0.1, -0.05) is 0 Å². The number of piperidine rings is 1. The van der Waals surface area contributed by atoms with Crippen LogP contribution in [0.2, 0.25) is 0 Å². The molecular formula is C8H13NO3. The van der Waals surface area contributed by atoms with Gasteiger partial charge in [-0.3, -0.25) is 9.59 Å². The van der Waals surface area contributed by atoms with E-state index in [1.807, 2.05) is 0 Å². The van der Waals surface area contributed by atoms with E-state index in [9.17, 15) is 9.59 Å². The Balaban J connectivity index is 2.79. The van der Waals surface area contributed by atoms with Crippen LogP contribution in [0.4, 0.5) is 0 Å². The number of esters is 1. The molecule has 1 atom stereocenters. The Kier molecular flexibility index (Phi) is 2.47. The van der Waals surface area contributed by atoms with Gasteiger partial charge in [0.1, 0.15) is 5.41 Å². The fraction of sp³-hybridized carbons (Fsp3) is 0.750. The Bertz CT molecular complexity index is 204. The first-order valence-corrected chi connectivity index (χ1v) is 3.93. The van der Waals surface area contributed by atoms with Crippen molar-refractivity contribution in [2.45, 2.75) is 13.3 Å². The Morgan fingerprint density at radius 3 is 2.83 bits per heavy atom. The highest BCUT2D eigenvalue weighted by molar-refractivity contribution is 6.04. The summed E-state index contributed by atoms with van der Waals surface area (Å²) in [5.74, 6) is -0.479. The van der Waals surface area contributed by atoms with Crippen molar-refractivity contribution in [3.8, 4) is 0 Å². The second-order valence-corrected chi connectivity index (χ2v) is 3.17. The molecule has 4 heteroatoms. The average molecular weight is 171 g/mol. The molecule has 0 spiro atoms. The molecule has 0 aliphatic carbocycles. The van der Waals surface area contributed by atoms with E-state index in [0.717, 1.165) is 0 Å². The van der Waals surface area contributed by atoms with Crippen LogP contribution in [-0.2, 0) is 14.3 Å². The van der Waals surface area contributed by atoms with Gasteiger partial charge in [0.05, 0.1) is 7.11 Å². The van der Waals surface area contributed by atoms with Crippen molar-refractivity contribution in [1.82, 2.24) is 5.32 Å². The van der Waals surface area contributed by atoms with Crippen LogP contribution in [-0.4, -0.2) is 32.0 Å². The summed E-state index contributed by atoms with van der Waals surface area (Å²) in [6.45, 7) is 2.66. The SMILES string of the molecule is COC(=O)C1(C)CNCCC1=O. The molecule has 1 aliphatic heterocycles. The topological polar surface area (TPSA) is 55.4 Å². The lowest BCUT2D eigenvalue weighted by molar-refractivity contribution is -0.157. The van der Waals surface area contributed by atoms with Gasteiger partial charge in [-0.15, -0.1) is 0 Å². The van der Waals surface area contributed by atoms with Gasteiger partial charge in [-0.05, 0) is 6.92 Å². The number of ketones is 1. The Hall–Kier alpha value is -0.900. The number of hydrogen-bond donors (Lipinski definition) is 1. The van der Waals surface area contributed by atoms with E-state index in [0.29, 0.717) is 19.5 Å². The molecule has 0 bridgehead atoms. The minimum Gasteiger partial charge on any atom is -0.468 e. The highest BCUT2D eigenvalue weighted by atomic mass is 16.5. The van der Waals surface area contributed by atoms with Crippen molar-refractivity contribution in [3.63, 3.8) is 0 Å². The minimum atomic E-state index is -0.965. The van der Waals surface area contributed by atoms with Crippen molar-refractivity contribution < 1.29 is 14.3 Å². The van der Waals surface area contributed by atoms with E-state index in [1.165, 1.54) is 7.11 Å². The molecule has 1 heterocycles. The third-order valence-corrected chi connectivity index (χ3v) is 2.26. The summed E-state index contributed by atoms with van der Waals surface area (Å²) in [4.78, 5) is 22.6. The van der Waals surface area contributed by atoms with Crippen LogP contribution in [0.1, 0.15) is 13.3 Å². The minimum absolute atomic E-state index is 0.0342. The van der Waals surface area contributed by atoms with E-state index < -0.39 is 11.4 Å². The normalized spacial score (nSPS) is 30.0. The molecule has 12 heavy (non-hydrogen) atoms. The van der Waals surface area contributed by atoms with E-state index >= 15 is 0 Å². The van der Waals surface area contributed by atoms with Gasteiger partial charge >= 0.3 is 5.97 Å². The number of methoxy groups -OCH3 is 1. The molecule has 1 aliphatic rings. The van der Waals surface area contributed by atoms with E-state index in [4.69, 9.17) is 0 Å². The van der Waals surface area contributed by atoms with Gasteiger partial charge in [-0.25, -0.2) is 0 Å². The fourth-order valence-electron chi connectivity index (χ4n) is 1.33. The number of ether oxygens (including phenoxy) is 1. The average Bonchev–Trinajstić information content (AvgIpc) is 2.09. The highest BCUT2D eigenvalue weighted by Gasteiger charge is 2.43. The first-order valence-electron chi connectivity index (χ1n) is 3.93. The Labute approximate surface area is 71.3 Å². The molecule has 1 saturated heterocycles. The monoisotopic (exact) mass is 171 g/mol. The molecule has 4 nitrogen and oxygen atoms in total. The Morgan fingerprint density at radius 2 is 2.33 bits per heavy atom. The number of Topliss-reactive ketones (excluding diaryl/α,β-unsaturated/α-hetero) is 1. The summed E-state index contributed by atoms with van der Waals surface area (Å²) in [5, 5.41) is 3.00. The zero-order valence-electron chi connectivity index (χ0n) is 7.35. The number of carbonyl (C=O) groups is 2. The number of rotatable bonds is 1. The third-order valence-electron chi connectivity index (χ3n) is 2.26. The molecule has 1 N–H and O–H groups in total. The van der Waals surface area contributed by atoms with Gasteiger partial charge in [-0.2, -0.15) is 0 Å². The zero-order valence-corrected chi connectivity index (χ0v) is 7.35. The first kappa shape index (κ1) is 9.19. The molecule has 1 rings (SSSR count). The lowest BCUT2D eigenvalue weighted by Crippen LogP contribution is -2.50. The predicted molar refractivity (Wildman–Crippen MR) is 42.6 cm³/mol. The third kappa shape index (κ3) is 1.34. The maximum atomic E-state index is 11.4. The molecule has 1 unspecified atom stereocenters. The molecular weight excluding hydrogens is 158 g/mol. The van der Waals surface area contributed by atoms with Crippen LogP contribution in [0.15, 0.2) is 0 Å². The molecule has 1 fully saturated rings. The smallest absolute Gasteiger partial charge is 0.320 e. The quantitative estimate of drug-likeness (QED) is 0.436. The summed E-state index contributed by atoms with van der Waals surface area (Å²) in [6.07, 6.45) is 0.408. The zero-order chi connectivity index (χ0) is 9.19.